The Kier molecular flexibility index (Phi) is 5.34. The molecule has 1 rings (SSSR count). The summed E-state index contributed by atoms with van der Waals surface area (Å²) in [4.78, 5) is 22.6. The molecule has 1 atom stereocenters. The average molecular weight is 267 g/mol. The van der Waals surface area contributed by atoms with Crippen molar-refractivity contribution in [3.05, 3.63) is 33.9 Å². The van der Waals surface area contributed by atoms with Gasteiger partial charge in [-0.3, -0.25) is 14.9 Å². The third-order valence-electron chi connectivity index (χ3n) is 2.77. The summed E-state index contributed by atoms with van der Waals surface area (Å²) in [6.45, 7) is 5.70. The van der Waals surface area contributed by atoms with Gasteiger partial charge in [-0.15, -0.1) is 11.8 Å². The molecule has 1 aromatic carbocycles. The summed E-state index contributed by atoms with van der Waals surface area (Å²) >= 11 is 1.59. The Labute approximate surface area is 111 Å². The average Bonchev–Trinajstić information content (AvgIpc) is 2.35. The fourth-order valence-electron chi connectivity index (χ4n) is 1.38. The SMILES string of the molecule is CCC(C)CSc1ccc([N+](=O)[O-])cc1C(C)=O. The van der Waals surface area contributed by atoms with E-state index in [0.29, 0.717) is 11.5 Å². The number of hydrogen-bond donors (Lipinski definition) is 0. The van der Waals surface area contributed by atoms with E-state index in [2.05, 4.69) is 13.8 Å². The minimum Gasteiger partial charge on any atom is -0.294 e. The molecule has 0 aliphatic heterocycles. The van der Waals surface area contributed by atoms with Gasteiger partial charge in [0.2, 0.25) is 0 Å². The number of nitrogens with zero attached hydrogens (tertiary/aromatic N) is 1. The van der Waals surface area contributed by atoms with Crippen molar-refractivity contribution < 1.29 is 9.72 Å². The first-order chi connectivity index (χ1) is 8.45. The Bertz CT molecular complexity index is 460. The first-order valence-electron chi connectivity index (χ1n) is 5.87. The molecule has 0 spiro atoms. The molecule has 0 N–H and O–H groups in total. The van der Waals surface area contributed by atoms with Crippen LogP contribution in [-0.4, -0.2) is 16.5 Å². The number of nitro benzene ring substituents is 1. The number of non-ortho nitro benzene ring substituents is 1. The summed E-state index contributed by atoms with van der Waals surface area (Å²) in [5.74, 6) is 1.34. The predicted molar refractivity (Wildman–Crippen MR) is 73.3 cm³/mol. The van der Waals surface area contributed by atoms with E-state index in [1.165, 1.54) is 19.1 Å². The summed E-state index contributed by atoms with van der Waals surface area (Å²) in [5, 5.41) is 10.7. The predicted octanol–water partition coefficient (Wildman–Crippen LogP) is 3.94. The normalized spacial score (nSPS) is 12.2. The van der Waals surface area contributed by atoms with Crippen molar-refractivity contribution in [1.29, 1.82) is 0 Å². The van der Waals surface area contributed by atoms with Crippen LogP contribution in [0.15, 0.2) is 23.1 Å². The second-order valence-corrected chi connectivity index (χ2v) is 5.38. The molecule has 0 saturated heterocycles. The van der Waals surface area contributed by atoms with Crippen molar-refractivity contribution in [3.8, 4) is 0 Å². The lowest BCUT2D eigenvalue weighted by Gasteiger charge is -2.10. The van der Waals surface area contributed by atoms with E-state index in [0.717, 1.165) is 17.1 Å². The molecular formula is C13H17NO3S. The number of ketones is 1. The summed E-state index contributed by atoms with van der Waals surface area (Å²) in [5.41, 5.74) is 0.408. The fourth-order valence-corrected chi connectivity index (χ4v) is 2.60. The summed E-state index contributed by atoms with van der Waals surface area (Å²) in [6.07, 6.45) is 1.08. The lowest BCUT2D eigenvalue weighted by atomic mass is 10.1. The molecule has 0 aliphatic carbocycles. The van der Waals surface area contributed by atoms with Crippen LogP contribution in [0.25, 0.3) is 0 Å². The molecule has 1 unspecified atom stereocenters. The van der Waals surface area contributed by atoms with Gasteiger partial charge in [0.25, 0.3) is 5.69 Å². The standard InChI is InChI=1S/C13H17NO3S/c1-4-9(2)8-18-13-6-5-11(14(16)17)7-12(13)10(3)15/h5-7,9H,4,8H2,1-3H3. The summed E-state index contributed by atoms with van der Waals surface area (Å²) in [7, 11) is 0. The van der Waals surface area contributed by atoms with Gasteiger partial charge in [-0.1, -0.05) is 20.3 Å². The van der Waals surface area contributed by atoms with Crippen LogP contribution in [0.5, 0.6) is 0 Å². The minimum absolute atomic E-state index is 0.0342. The molecule has 0 bridgehead atoms. The van der Waals surface area contributed by atoms with E-state index in [9.17, 15) is 14.9 Å². The van der Waals surface area contributed by atoms with E-state index in [1.54, 1.807) is 17.8 Å². The number of rotatable bonds is 6. The van der Waals surface area contributed by atoms with E-state index in [1.807, 2.05) is 0 Å². The zero-order chi connectivity index (χ0) is 13.7. The second kappa shape index (κ2) is 6.54. The van der Waals surface area contributed by atoms with Crippen LogP contribution >= 0.6 is 11.8 Å². The topological polar surface area (TPSA) is 60.2 Å². The molecule has 0 heterocycles. The van der Waals surface area contributed by atoms with Gasteiger partial charge in [0.05, 0.1) is 4.92 Å². The van der Waals surface area contributed by atoms with Crippen LogP contribution in [0.4, 0.5) is 5.69 Å². The van der Waals surface area contributed by atoms with E-state index in [4.69, 9.17) is 0 Å². The number of hydrogen-bond acceptors (Lipinski definition) is 4. The Hall–Kier alpha value is -1.36. The number of benzene rings is 1. The van der Waals surface area contributed by atoms with Crippen molar-refractivity contribution in [2.75, 3.05) is 5.75 Å². The number of nitro groups is 1. The molecule has 0 saturated carbocycles. The highest BCUT2D eigenvalue weighted by Crippen LogP contribution is 2.29. The quantitative estimate of drug-likeness (QED) is 0.339. The Balaban J connectivity index is 2.97. The first kappa shape index (κ1) is 14.7. The zero-order valence-corrected chi connectivity index (χ0v) is 11.6. The van der Waals surface area contributed by atoms with E-state index >= 15 is 0 Å². The van der Waals surface area contributed by atoms with Crippen molar-refractivity contribution in [1.82, 2.24) is 0 Å². The second-order valence-electron chi connectivity index (χ2n) is 4.32. The van der Waals surface area contributed by atoms with Crippen LogP contribution in [0, 0.1) is 16.0 Å². The van der Waals surface area contributed by atoms with Gasteiger partial charge in [0.1, 0.15) is 0 Å². The highest BCUT2D eigenvalue weighted by Gasteiger charge is 2.14. The third kappa shape index (κ3) is 3.84. The molecule has 0 aliphatic rings. The molecule has 98 valence electrons. The lowest BCUT2D eigenvalue weighted by Crippen LogP contribution is -2.00. The third-order valence-corrected chi connectivity index (χ3v) is 4.18. The van der Waals surface area contributed by atoms with Crippen molar-refractivity contribution in [3.63, 3.8) is 0 Å². The molecule has 4 nitrogen and oxygen atoms in total. The molecule has 0 fully saturated rings. The first-order valence-corrected chi connectivity index (χ1v) is 6.86. The molecule has 5 heteroatoms. The maximum Gasteiger partial charge on any atom is 0.270 e. The number of Topliss-reactive ketones (excluding diaryl/α,β-unsaturated/α-hetero) is 1. The van der Waals surface area contributed by atoms with Gasteiger partial charge < -0.3 is 0 Å². The molecule has 18 heavy (non-hydrogen) atoms. The van der Waals surface area contributed by atoms with Gasteiger partial charge in [0.15, 0.2) is 5.78 Å². The zero-order valence-electron chi connectivity index (χ0n) is 10.8. The number of carbonyl (C=O) groups excluding carboxylic acids is 1. The molecule has 0 radical (unpaired) electrons. The van der Waals surface area contributed by atoms with E-state index < -0.39 is 4.92 Å². The molecule has 1 aromatic rings. The summed E-state index contributed by atoms with van der Waals surface area (Å²) in [6, 6.07) is 4.48. The molecule has 0 amide bonds. The number of thioether (sulfide) groups is 1. The van der Waals surface area contributed by atoms with Crippen LogP contribution in [0.1, 0.15) is 37.6 Å². The van der Waals surface area contributed by atoms with Gasteiger partial charge >= 0.3 is 0 Å². The van der Waals surface area contributed by atoms with Crippen LogP contribution < -0.4 is 0 Å². The van der Waals surface area contributed by atoms with Crippen molar-refractivity contribution in [2.24, 2.45) is 5.92 Å². The summed E-state index contributed by atoms with van der Waals surface area (Å²) < 4.78 is 0. The van der Waals surface area contributed by atoms with E-state index in [-0.39, 0.29) is 11.5 Å². The lowest BCUT2D eigenvalue weighted by molar-refractivity contribution is -0.384. The Morgan fingerprint density at radius 2 is 2.17 bits per heavy atom. The maximum atomic E-state index is 11.5. The van der Waals surface area contributed by atoms with Gasteiger partial charge in [-0.05, 0) is 18.9 Å². The number of carbonyl (C=O) groups is 1. The molecular weight excluding hydrogens is 250 g/mol. The van der Waals surface area contributed by atoms with Crippen LogP contribution in [0.3, 0.4) is 0 Å². The molecule has 0 aromatic heterocycles. The highest BCUT2D eigenvalue weighted by atomic mass is 32.2. The van der Waals surface area contributed by atoms with Crippen molar-refractivity contribution >= 4 is 23.2 Å². The minimum atomic E-state index is -0.477. The van der Waals surface area contributed by atoms with Crippen LogP contribution in [-0.2, 0) is 0 Å². The van der Waals surface area contributed by atoms with Gasteiger partial charge in [-0.25, -0.2) is 0 Å². The Morgan fingerprint density at radius 3 is 2.67 bits per heavy atom. The Morgan fingerprint density at radius 1 is 1.50 bits per heavy atom. The fraction of sp³-hybridized carbons (Fsp3) is 0.462. The maximum absolute atomic E-state index is 11.5. The van der Waals surface area contributed by atoms with Gasteiger partial charge in [0, 0.05) is 28.3 Å². The monoisotopic (exact) mass is 267 g/mol. The smallest absolute Gasteiger partial charge is 0.270 e. The van der Waals surface area contributed by atoms with Crippen molar-refractivity contribution in [2.45, 2.75) is 32.1 Å². The highest BCUT2D eigenvalue weighted by molar-refractivity contribution is 7.99. The van der Waals surface area contributed by atoms with Crippen LogP contribution in [0.2, 0.25) is 0 Å². The largest absolute Gasteiger partial charge is 0.294 e. The van der Waals surface area contributed by atoms with Gasteiger partial charge in [-0.2, -0.15) is 0 Å².